The molecule has 2 amide bonds. The number of aliphatic hydroxyl groups is 1. The van der Waals surface area contributed by atoms with Crippen LogP contribution in [0.25, 0.3) is 0 Å². The Labute approximate surface area is 232 Å². The third-order valence-electron chi connectivity index (χ3n) is 6.81. The first-order chi connectivity index (χ1) is 17.0. The number of benzene rings is 2. The summed E-state index contributed by atoms with van der Waals surface area (Å²) in [6.07, 6.45) is 2.24. The van der Waals surface area contributed by atoms with Gasteiger partial charge in [-0.3, -0.25) is 9.59 Å². The fourth-order valence-corrected chi connectivity index (χ4v) is 5.08. The molecule has 196 valence electrons. The molecule has 0 saturated carbocycles. The van der Waals surface area contributed by atoms with E-state index in [0.717, 1.165) is 31.5 Å². The van der Waals surface area contributed by atoms with Crippen molar-refractivity contribution in [2.45, 2.75) is 50.6 Å². The molecule has 3 rings (SSSR count). The van der Waals surface area contributed by atoms with Gasteiger partial charge in [0.1, 0.15) is 0 Å². The van der Waals surface area contributed by atoms with Gasteiger partial charge in [-0.2, -0.15) is 0 Å². The molecule has 0 spiro atoms. The summed E-state index contributed by atoms with van der Waals surface area (Å²) in [7, 11) is 0. The maximum atomic E-state index is 13.8. The second-order valence-electron chi connectivity index (χ2n) is 9.41. The van der Waals surface area contributed by atoms with Crippen molar-refractivity contribution in [2.75, 3.05) is 26.2 Å². The van der Waals surface area contributed by atoms with Crippen LogP contribution in [0.2, 0.25) is 20.1 Å². The highest BCUT2D eigenvalue weighted by molar-refractivity contribution is 6.42. The Bertz CT molecular complexity index is 1090. The molecule has 2 aromatic carbocycles. The number of piperidine rings is 1. The van der Waals surface area contributed by atoms with E-state index < -0.39 is 11.5 Å². The lowest BCUT2D eigenvalue weighted by atomic mass is 9.78. The van der Waals surface area contributed by atoms with E-state index in [4.69, 9.17) is 46.4 Å². The van der Waals surface area contributed by atoms with E-state index in [0.29, 0.717) is 38.6 Å². The van der Waals surface area contributed by atoms with Crippen LogP contribution in [0.3, 0.4) is 0 Å². The molecule has 2 aromatic rings. The number of nitrogens with zero attached hydrogens (tertiary/aromatic N) is 1. The number of halogens is 4. The molecule has 1 heterocycles. The molecule has 3 N–H and O–H groups in total. The summed E-state index contributed by atoms with van der Waals surface area (Å²) >= 11 is 24.7. The Morgan fingerprint density at radius 3 is 2.19 bits per heavy atom. The second kappa shape index (κ2) is 12.8. The molecule has 1 saturated heterocycles. The van der Waals surface area contributed by atoms with Crippen LogP contribution in [0.1, 0.15) is 50.3 Å². The van der Waals surface area contributed by atoms with Crippen LogP contribution in [0, 0.1) is 0 Å². The molecule has 0 radical (unpaired) electrons. The van der Waals surface area contributed by atoms with E-state index in [1.165, 1.54) is 6.92 Å². The van der Waals surface area contributed by atoms with Crippen molar-refractivity contribution in [1.29, 1.82) is 0 Å². The number of rotatable bonds is 9. The lowest BCUT2D eigenvalue weighted by Gasteiger charge is -2.36. The van der Waals surface area contributed by atoms with Crippen molar-refractivity contribution in [3.8, 4) is 0 Å². The van der Waals surface area contributed by atoms with E-state index in [9.17, 15) is 14.7 Å². The molecule has 36 heavy (non-hydrogen) atoms. The van der Waals surface area contributed by atoms with Crippen molar-refractivity contribution in [2.24, 2.45) is 0 Å². The van der Waals surface area contributed by atoms with Gasteiger partial charge in [-0.05, 0) is 68.1 Å². The smallest absolute Gasteiger partial charge is 0.230 e. The topological polar surface area (TPSA) is 81.7 Å². The van der Waals surface area contributed by atoms with Crippen LogP contribution in [0.5, 0.6) is 0 Å². The van der Waals surface area contributed by atoms with Crippen LogP contribution < -0.4 is 10.6 Å². The average Bonchev–Trinajstić information content (AvgIpc) is 2.84. The molecule has 0 bridgehead atoms. The molecule has 2 atom stereocenters. The van der Waals surface area contributed by atoms with Crippen LogP contribution in [0.4, 0.5) is 0 Å². The Kier molecular flexibility index (Phi) is 10.3. The molecule has 1 unspecified atom stereocenters. The van der Waals surface area contributed by atoms with Crippen molar-refractivity contribution in [3.05, 3.63) is 67.6 Å². The average molecular weight is 575 g/mol. The number of carbonyl (C=O) groups is 2. The minimum atomic E-state index is -0.952. The molecule has 1 aliphatic heterocycles. The standard InChI is InChI=1S/C26H31Cl4N3O3/c1-16(35)31-19-7-10-33(11-8-19)12-9-26(2,18-4-6-21(28)23(30)14-18)25(36)32-24(15-34)17-3-5-20(27)22(29)13-17/h3-6,13-14,19,24,34H,7-12,15H2,1-2H3,(H,31,35)(H,32,36)/t24-,26?/m0/s1. The number of hydrogen-bond acceptors (Lipinski definition) is 4. The number of amides is 2. The minimum Gasteiger partial charge on any atom is -0.394 e. The van der Waals surface area contributed by atoms with E-state index in [1.807, 2.05) is 13.0 Å². The van der Waals surface area contributed by atoms with Gasteiger partial charge in [-0.25, -0.2) is 0 Å². The quantitative estimate of drug-likeness (QED) is 0.374. The first-order valence-electron chi connectivity index (χ1n) is 11.8. The Morgan fingerprint density at radius 2 is 1.64 bits per heavy atom. The zero-order chi connectivity index (χ0) is 26.5. The molecule has 1 fully saturated rings. The number of likely N-dealkylation sites (tertiary alicyclic amines) is 1. The summed E-state index contributed by atoms with van der Waals surface area (Å²) in [6.45, 7) is 5.42. The molecular formula is C26H31Cl4N3O3. The van der Waals surface area contributed by atoms with Crippen molar-refractivity contribution in [1.82, 2.24) is 15.5 Å². The van der Waals surface area contributed by atoms with Gasteiger partial charge in [-0.1, -0.05) is 58.5 Å². The second-order valence-corrected chi connectivity index (χ2v) is 11.0. The third kappa shape index (κ3) is 7.27. The lowest BCUT2D eigenvalue weighted by Crippen LogP contribution is -2.48. The summed E-state index contributed by atoms with van der Waals surface area (Å²) in [5.41, 5.74) is 0.428. The summed E-state index contributed by atoms with van der Waals surface area (Å²) in [5, 5.41) is 17.5. The predicted octanol–water partition coefficient (Wildman–Crippen LogP) is 5.40. The number of carbonyl (C=O) groups excluding carboxylic acids is 2. The summed E-state index contributed by atoms with van der Waals surface area (Å²) < 4.78 is 0. The summed E-state index contributed by atoms with van der Waals surface area (Å²) in [4.78, 5) is 27.4. The first-order valence-corrected chi connectivity index (χ1v) is 13.4. The third-order valence-corrected chi connectivity index (χ3v) is 8.29. The van der Waals surface area contributed by atoms with Crippen molar-refractivity contribution >= 4 is 58.2 Å². The monoisotopic (exact) mass is 573 g/mol. The van der Waals surface area contributed by atoms with Crippen LogP contribution in [-0.4, -0.2) is 54.1 Å². The van der Waals surface area contributed by atoms with Gasteiger partial charge in [0.15, 0.2) is 0 Å². The summed E-state index contributed by atoms with van der Waals surface area (Å²) in [6, 6.07) is 9.74. The van der Waals surface area contributed by atoms with Gasteiger partial charge in [-0.15, -0.1) is 0 Å². The molecular weight excluding hydrogens is 544 g/mol. The van der Waals surface area contributed by atoms with Gasteiger partial charge in [0.05, 0.1) is 38.2 Å². The van der Waals surface area contributed by atoms with E-state index >= 15 is 0 Å². The largest absolute Gasteiger partial charge is 0.394 e. The highest BCUT2D eigenvalue weighted by Gasteiger charge is 2.37. The Morgan fingerprint density at radius 1 is 1.03 bits per heavy atom. The Balaban J connectivity index is 1.79. The van der Waals surface area contributed by atoms with E-state index in [-0.39, 0.29) is 24.5 Å². The normalized spacial score (nSPS) is 17.3. The molecule has 10 heteroatoms. The lowest BCUT2D eigenvalue weighted by molar-refractivity contribution is -0.128. The minimum absolute atomic E-state index is 0.0160. The molecule has 6 nitrogen and oxygen atoms in total. The maximum Gasteiger partial charge on any atom is 0.230 e. The predicted molar refractivity (Wildman–Crippen MR) is 146 cm³/mol. The number of nitrogens with one attached hydrogen (secondary N) is 2. The van der Waals surface area contributed by atoms with Gasteiger partial charge in [0.2, 0.25) is 11.8 Å². The number of hydrogen-bond donors (Lipinski definition) is 3. The van der Waals surface area contributed by atoms with Crippen molar-refractivity contribution in [3.63, 3.8) is 0 Å². The van der Waals surface area contributed by atoms with Gasteiger partial charge >= 0.3 is 0 Å². The highest BCUT2D eigenvalue weighted by atomic mass is 35.5. The maximum absolute atomic E-state index is 13.8. The zero-order valence-corrected chi connectivity index (χ0v) is 23.3. The van der Waals surface area contributed by atoms with E-state index in [1.54, 1.807) is 30.3 Å². The van der Waals surface area contributed by atoms with Crippen molar-refractivity contribution < 1.29 is 14.7 Å². The SMILES string of the molecule is CC(=O)NC1CCN(CCC(C)(C(=O)N[C@@H](CO)c2ccc(Cl)c(Cl)c2)c2ccc(Cl)c(Cl)c2)CC1. The first kappa shape index (κ1) is 29.0. The number of aliphatic hydroxyl groups excluding tert-OH is 1. The van der Waals surface area contributed by atoms with Gasteiger partial charge in [0, 0.05) is 26.1 Å². The molecule has 0 aromatic heterocycles. The Hall–Kier alpha value is -1.54. The van der Waals surface area contributed by atoms with Crippen LogP contribution in [-0.2, 0) is 15.0 Å². The molecule has 0 aliphatic carbocycles. The fourth-order valence-electron chi connectivity index (χ4n) is 4.48. The van der Waals surface area contributed by atoms with E-state index in [2.05, 4.69) is 15.5 Å². The van der Waals surface area contributed by atoms with Gasteiger partial charge < -0.3 is 20.6 Å². The molecule has 1 aliphatic rings. The fraction of sp³-hybridized carbons (Fsp3) is 0.462. The highest BCUT2D eigenvalue weighted by Crippen LogP contribution is 2.34. The van der Waals surface area contributed by atoms with Crippen LogP contribution in [0.15, 0.2) is 36.4 Å². The zero-order valence-electron chi connectivity index (χ0n) is 20.3. The van der Waals surface area contributed by atoms with Gasteiger partial charge in [0.25, 0.3) is 0 Å². The van der Waals surface area contributed by atoms with Crippen LogP contribution >= 0.6 is 46.4 Å². The summed E-state index contributed by atoms with van der Waals surface area (Å²) in [5.74, 6) is -0.267.